The molecule has 3 aliphatic heterocycles. The van der Waals surface area contributed by atoms with Crippen LogP contribution in [0.1, 0.15) is 32.1 Å². The monoisotopic (exact) mass is 387 g/mol. The van der Waals surface area contributed by atoms with Crippen LogP contribution in [-0.4, -0.2) is 72.5 Å². The van der Waals surface area contributed by atoms with Gasteiger partial charge in [0, 0.05) is 50.1 Å². The van der Waals surface area contributed by atoms with Crippen LogP contribution in [0, 0.1) is 5.92 Å². The Morgan fingerprint density at radius 2 is 1.70 bits per heavy atom. The normalized spacial score (nSPS) is 25.1. The summed E-state index contributed by atoms with van der Waals surface area (Å²) in [5, 5.41) is 0. The van der Waals surface area contributed by atoms with Crippen LogP contribution in [0.25, 0.3) is 0 Å². The van der Waals surface area contributed by atoms with Gasteiger partial charge in [0.1, 0.15) is 0 Å². The van der Waals surface area contributed by atoms with Crippen molar-refractivity contribution in [1.82, 2.24) is 9.80 Å². The van der Waals surface area contributed by atoms with E-state index in [1.165, 1.54) is 49.5 Å². The molecular formula is C22H33N3OS. The third kappa shape index (κ3) is 5.00. The Balaban J connectivity index is 1.15. The van der Waals surface area contributed by atoms with Crippen LogP contribution in [0.15, 0.2) is 30.3 Å². The van der Waals surface area contributed by atoms with Gasteiger partial charge < -0.3 is 9.80 Å². The molecular weight excluding hydrogens is 354 g/mol. The van der Waals surface area contributed by atoms with Crippen LogP contribution in [0.2, 0.25) is 0 Å². The molecule has 3 aliphatic rings. The summed E-state index contributed by atoms with van der Waals surface area (Å²) in [5.41, 5.74) is 1.28. The van der Waals surface area contributed by atoms with Gasteiger partial charge in [0.2, 0.25) is 5.91 Å². The van der Waals surface area contributed by atoms with Crippen LogP contribution in [0.3, 0.4) is 0 Å². The minimum atomic E-state index is 0.373. The summed E-state index contributed by atoms with van der Waals surface area (Å²) in [6.45, 7) is 6.14. The summed E-state index contributed by atoms with van der Waals surface area (Å²) in [5.74, 6) is 3.80. The first-order valence-corrected chi connectivity index (χ1v) is 11.8. The molecule has 0 radical (unpaired) electrons. The van der Waals surface area contributed by atoms with Gasteiger partial charge in [-0.15, -0.1) is 0 Å². The Morgan fingerprint density at radius 3 is 2.37 bits per heavy atom. The summed E-state index contributed by atoms with van der Waals surface area (Å²) in [6, 6.07) is 11.4. The highest BCUT2D eigenvalue weighted by molar-refractivity contribution is 7.99. The van der Waals surface area contributed by atoms with Crippen molar-refractivity contribution in [2.24, 2.45) is 5.92 Å². The molecule has 0 spiro atoms. The topological polar surface area (TPSA) is 26.8 Å². The summed E-state index contributed by atoms with van der Waals surface area (Å²) in [4.78, 5) is 19.8. The smallest absolute Gasteiger partial charge is 0.222 e. The number of benzene rings is 1. The second-order valence-electron chi connectivity index (χ2n) is 8.24. The molecule has 1 amide bonds. The van der Waals surface area contributed by atoms with Gasteiger partial charge in [-0.05, 0) is 62.6 Å². The molecule has 1 atom stereocenters. The first-order valence-electron chi connectivity index (χ1n) is 10.7. The molecule has 1 aromatic carbocycles. The van der Waals surface area contributed by atoms with Crippen molar-refractivity contribution in [1.29, 1.82) is 0 Å². The zero-order valence-electron chi connectivity index (χ0n) is 16.4. The Hall–Kier alpha value is -1.20. The van der Waals surface area contributed by atoms with E-state index < -0.39 is 0 Å². The Labute approximate surface area is 168 Å². The molecule has 27 heavy (non-hydrogen) atoms. The molecule has 0 unspecified atom stereocenters. The number of hydrogen-bond donors (Lipinski definition) is 0. The van der Waals surface area contributed by atoms with Crippen molar-refractivity contribution < 1.29 is 4.79 Å². The fraction of sp³-hybridized carbons (Fsp3) is 0.682. The van der Waals surface area contributed by atoms with Crippen molar-refractivity contribution in [3.05, 3.63) is 30.3 Å². The van der Waals surface area contributed by atoms with Gasteiger partial charge in [0.05, 0.1) is 0 Å². The number of piperazine rings is 1. The second kappa shape index (κ2) is 9.33. The number of rotatable bonds is 5. The van der Waals surface area contributed by atoms with E-state index in [-0.39, 0.29) is 0 Å². The van der Waals surface area contributed by atoms with Crippen molar-refractivity contribution in [2.45, 2.75) is 38.1 Å². The van der Waals surface area contributed by atoms with Crippen molar-refractivity contribution in [3.63, 3.8) is 0 Å². The van der Waals surface area contributed by atoms with Gasteiger partial charge in [-0.1, -0.05) is 18.2 Å². The number of thioether (sulfide) groups is 1. The van der Waals surface area contributed by atoms with E-state index >= 15 is 0 Å². The lowest BCUT2D eigenvalue weighted by Crippen LogP contribution is -2.49. The molecule has 1 aromatic rings. The van der Waals surface area contributed by atoms with Crippen LogP contribution >= 0.6 is 11.8 Å². The Bertz CT molecular complexity index is 589. The molecule has 0 N–H and O–H groups in total. The number of para-hydroxylation sites is 1. The molecule has 4 rings (SSSR count). The first kappa shape index (κ1) is 19.1. The Kier molecular flexibility index (Phi) is 6.61. The minimum Gasteiger partial charge on any atom is -0.368 e. The van der Waals surface area contributed by atoms with Crippen LogP contribution in [-0.2, 0) is 4.79 Å². The third-order valence-corrected chi connectivity index (χ3v) is 7.74. The molecule has 5 heteroatoms. The predicted molar refractivity (Wildman–Crippen MR) is 114 cm³/mol. The minimum absolute atomic E-state index is 0.373. The number of carbonyl (C=O) groups is 1. The number of likely N-dealkylation sites (tertiary alicyclic amines) is 1. The molecule has 148 valence electrons. The number of anilines is 1. The van der Waals surface area contributed by atoms with E-state index in [4.69, 9.17) is 0 Å². The highest BCUT2D eigenvalue weighted by Gasteiger charge is 2.28. The van der Waals surface area contributed by atoms with Crippen molar-refractivity contribution in [3.8, 4) is 0 Å². The highest BCUT2D eigenvalue weighted by atomic mass is 32.2. The van der Waals surface area contributed by atoms with Gasteiger partial charge in [-0.25, -0.2) is 0 Å². The maximum atomic E-state index is 12.7. The molecule has 0 aromatic heterocycles. The molecule has 3 fully saturated rings. The van der Waals surface area contributed by atoms with E-state index in [0.717, 1.165) is 51.0 Å². The third-order valence-electron chi connectivity index (χ3n) is 6.59. The lowest BCUT2D eigenvalue weighted by molar-refractivity contribution is -0.131. The average molecular weight is 388 g/mol. The van der Waals surface area contributed by atoms with Crippen molar-refractivity contribution in [2.75, 3.05) is 55.7 Å². The quantitative estimate of drug-likeness (QED) is 0.774. The number of nitrogens with zero attached hydrogens (tertiary/aromatic N) is 3. The predicted octanol–water partition coefficient (Wildman–Crippen LogP) is 3.33. The SMILES string of the molecule is O=C(CCC1CCN([C@@H]2CCSC2)CC1)N1CCN(c2ccccc2)CC1. The van der Waals surface area contributed by atoms with Gasteiger partial charge in [-0.2, -0.15) is 11.8 Å². The van der Waals surface area contributed by atoms with Gasteiger partial charge in [0.25, 0.3) is 0 Å². The van der Waals surface area contributed by atoms with Crippen LogP contribution < -0.4 is 4.90 Å². The average Bonchev–Trinajstić information content (AvgIpc) is 3.28. The van der Waals surface area contributed by atoms with Crippen LogP contribution in [0.5, 0.6) is 0 Å². The highest BCUT2D eigenvalue weighted by Crippen LogP contribution is 2.28. The fourth-order valence-corrected chi connectivity index (χ4v) is 6.01. The van der Waals surface area contributed by atoms with Gasteiger partial charge in [0.15, 0.2) is 0 Å². The summed E-state index contributed by atoms with van der Waals surface area (Å²) >= 11 is 2.11. The van der Waals surface area contributed by atoms with E-state index in [2.05, 4.69) is 56.8 Å². The zero-order chi connectivity index (χ0) is 18.5. The lowest BCUT2D eigenvalue weighted by atomic mass is 9.91. The zero-order valence-corrected chi connectivity index (χ0v) is 17.2. The molecule has 0 aliphatic carbocycles. The largest absolute Gasteiger partial charge is 0.368 e. The van der Waals surface area contributed by atoms with Gasteiger partial charge in [-0.3, -0.25) is 9.69 Å². The molecule has 3 saturated heterocycles. The fourth-order valence-electron chi connectivity index (χ4n) is 4.76. The van der Waals surface area contributed by atoms with Crippen LogP contribution in [0.4, 0.5) is 5.69 Å². The Morgan fingerprint density at radius 1 is 0.963 bits per heavy atom. The number of hydrogen-bond acceptors (Lipinski definition) is 4. The summed E-state index contributed by atoms with van der Waals surface area (Å²) in [7, 11) is 0. The summed E-state index contributed by atoms with van der Waals surface area (Å²) < 4.78 is 0. The van der Waals surface area contributed by atoms with Gasteiger partial charge >= 0.3 is 0 Å². The van der Waals surface area contributed by atoms with E-state index in [0.29, 0.717) is 5.91 Å². The molecule has 4 nitrogen and oxygen atoms in total. The second-order valence-corrected chi connectivity index (χ2v) is 9.39. The van der Waals surface area contributed by atoms with E-state index in [1.54, 1.807) is 0 Å². The lowest BCUT2D eigenvalue weighted by Gasteiger charge is -2.37. The number of amides is 1. The molecule has 0 bridgehead atoms. The first-order chi connectivity index (χ1) is 13.3. The molecule has 3 heterocycles. The van der Waals surface area contributed by atoms with Crippen molar-refractivity contribution >= 4 is 23.4 Å². The summed E-state index contributed by atoms with van der Waals surface area (Å²) in [6.07, 6.45) is 5.79. The standard InChI is InChI=1S/C22H33N3OS/c26-22(25-15-13-24(14-16-25)20-4-2-1-3-5-20)7-6-19-8-11-23(12-9-19)21-10-17-27-18-21/h1-5,19,21H,6-18H2/t21-/m1/s1. The maximum Gasteiger partial charge on any atom is 0.222 e. The maximum absolute atomic E-state index is 12.7. The number of carbonyl (C=O) groups excluding carboxylic acids is 1. The molecule has 0 saturated carbocycles. The van der Waals surface area contributed by atoms with E-state index in [9.17, 15) is 4.79 Å². The number of piperidine rings is 1. The van der Waals surface area contributed by atoms with E-state index in [1.807, 2.05) is 0 Å².